The lowest BCUT2D eigenvalue weighted by Gasteiger charge is -2.33. The average molecular weight is 466 g/mol. The summed E-state index contributed by atoms with van der Waals surface area (Å²) in [6.07, 6.45) is 1.77. The molecule has 0 saturated carbocycles. The molecule has 4 nitrogen and oxygen atoms in total. The van der Waals surface area contributed by atoms with E-state index in [-0.39, 0.29) is 12.0 Å². The summed E-state index contributed by atoms with van der Waals surface area (Å²) in [5, 5.41) is 15.9. The minimum Gasteiger partial charge on any atom is -0.489 e. The van der Waals surface area contributed by atoms with Crippen molar-refractivity contribution in [2.45, 2.75) is 38.7 Å². The predicted octanol–water partition coefficient (Wildman–Crippen LogP) is 6.27. The Kier molecular flexibility index (Phi) is 6.56. The van der Waals surface area contributed by atoms with Crippen LogP contribution >= 0.6 is 0 Å². The summed E-state index contributed by atoms with van der Waals surface area (Å²) in [4.78, 5) is 11.9. The molecule has 1 aliphatic rings. The first-order valence-electron chi connectivity index (χ1n) is 12.3. The van der Waals surface area contributed by atoms with Crippen molar-refractivity contribution >= 4 is 16.7 Å². The quantitative estimate of drug-likeness (QED) is 0.316. The van der Waals surface area contributed by atoms with Crippen LogP contribution < -0.4 is 10.1 Å². The second kappa shape index (κ2) is 9.93. The lowest BCUT2D eigenvalue weighted by atomic mass is 9.82. The van der Waals surface area contributed by atoms with Crippen molar-refractivity contribution < 1.29 is 14.6 Å². The summed E-state index contributed by atoms with van der Waals surface area (Å²) < 4.78 is 6.36. The van der Waals surface area contributed by atoms with Crippen molar-refractivity contribution in [2.24, 2.45) is 0 Å². The molecule has 0 radical (unpaired) electrons. The second-order valence-corrected chi connectivity index (χ2v) is 9.47. The number of carbonyl (C=O) groups is 1. The Morgan fingerprint density at radius 1 is 1.00 bits per heavy atom. The van der Waals surface area contributed by atoms with Gasteiger partial charge in [0.15, 0.2) is 0 Å². The van der Waals surface area contributed by atoms with Crippen LogP contribution in [0.3, 0.4) is 0 Å². The highest BCUT2D eigenvalue weighted by molar-refractivity contribution is 5.90. The third kappa shape index (κ3) is 4.80. The normalized spacial score (nSPS) is 17.1. The molecule has 0 fully saturated rings. The Morgan fingerprint density at radius 2 is 1.77 bits per heavy atom. The molecule has 0 bridgehead atoms. The van der Waals surface area contributed by atoms with Gasteiger partial charge in [-0.3, -0.25) is 0 Å². The van der Waals surface area contributed by atoms with Gasteiger partial charge in [-0.2, -0.15) is 0 Å². The maximum atomic E-state index is 11.9. The molecular formula is C31H31NO3. The molecule has 0 aromatic heterocycles. The first-order chi connectivity index (χ1) is 17.0. The highest BCUT2D eigenvalue weighted by Crippen LogP contribution is 2.41. The number of para-hydroxylation sites is 1. The summed E-state index contributed by atoms with van der Waals surface area (Å²) in [6.45, 7) is 5.48. The second-order valence-electron chi connectivity index (χ2n) is 9.47. The number of hydrogen-bond donors (Lipinski definition) is 2. The van der Waals surface area contributed by atoms with Gasteiger partial charge < -0.3 is 15.2 Å². The molecule has 1 heterocycles. The van der Waals surface area contributed by atoms with Gasteiger partial charge in [0.05, 0.1) is 5.56 Å². The number of nitrogens with one attached hydrogen (secondary N) is 1. The van der Waals surface area contributed by atoms with Crippen LogP contribution in [0.1, 0.15) is 50.5 Å². The topological polar surface area (TPSA) is 58.6 Å². The van der Waals surface area contributed by atoms with Crippen LogP contribution in [-0.2, 0) is 6.42 Å². The number of carboxylic acid groups (broad SMARTS) is 1. The molecule has 35 heavy (non-hydrogen) atoms. The van der Waals surface area contributed by atoms with Crippen LogP contribution in [0.2, 0.25) is 0 Å². The fraction of sp³-hybridized carbons (Fsp3) is 0.258. The number of aromatic carboxylic acids is 1. The van der Waals surface area contributed by atoms with Crippen LogP contribution in [0.5, 0.6) is 5.75 Å². The van der Waals surface area contributed by atoms with Crippen molar-refractivity contribution in [3.05, 3.63) is 112 Å². The summed E-state index contributed by atoms with van der Waals surface area (Å²) in [6, 6.07) is 27.1. The Morgan fingerprint density at radius 3 is 2.63 bits per heavy atom. The molecule has 0 saturated heterocycles. The zero-order valence-corrected chi connectivity index (χ0v) is 20.3. The van der Waals surface area contributed by atoms with Crippen LogP contribution in [0.25, 0.3) is 10.8 Å². The van der Waals surface area contributed by atoms with Gasteiger partial charge in [0, 0.05) is 18.0 Å². The van der Waals surface area contributed by atoms with Gasteiger partial charge >= 0.3 is 5.97 Å². The molecule has 0 spiro atoms. The average Bonchev–Trinajstić information content (AvgIpc) is 2.87. The molecule has 2 atom stereocenters. The zero-order chi connectivity index (χ0) is 24.4. The van der Waals surface area contributed by atoms with E-state index >= 15 is 0 Å². The van der Waals surface area contributed by atoms with E-state index in [1.54, 1.807) is 0 Å². The highest BCUT2D eigenvalue weighted by Gasteiger charge is 2.30. The van der Waals surface area contributed by atoms with E-state index in [0.717, 1.165) is 53.9 Å². The molecule has 4 aromatic carbocycles. The van der Waals surface area contributed by atoms with E-state index in [2.05, 4.69) is 59.9 Å². The van der Waals surface area contributed by atoms with Crippen LogP contribution in [0, 0.1) is 13.8 Å². The Balaban J connectivity index is 1.31. The Labute approximate surface area is 206 Å². The van der Waals surface area contributed by atoms with Gasteiger partial charge in [0.25, 0.3) is 0 Å². The lowest BCUT2D eigenvalue weighted by Crippen LogP contribution is -2.36. The molecule has 1 aliphatic heterocycles. The summed E-state index contributed by atoms with van der Waals surface area (Å²) >= 11 is 0. The highest BCUT2D eigenvalue weighted by atomic mass is 16.5. The first kappa shape index (κ1) is 23.1. The van der Waals surface area contributed by atoms with Gasteiger partial charge in [-0.25, -0.2) is 4.79 Å². The van der Waals surface area contributed by atoms with Crippen molar-refractivity contribution in [2.75, 3.05) is 13.1 Å². The fourth-order valence-electron chi connectivity index (χ4n) is 5.24. The van der Waals surface area contributed by atoms with Crippen molar-refractivity contribution in [1.29, 1.82) is 0 Å². The molecule has 0 amide bonds. The van der Waals surface area contributed by atoms with E-state index in [0.29, 0.717) is 5.56 Å². The maximum absolute atomic E-state index is 11.9. The Bertz CT molecular complexity index is 1370. The van der Waals surface area contributed by atoms with Gasteiger partial charge in [-0.05, 0) is 78.4 Å². The molecule has 4 aromatic rings. The van der Waals surface area contributed by atoms with Gasteiger partial charge in [-0.1, -0.05) is 66.7 Å². The number of rotatable bonds is 7. The van der Waals surface area contributed by atoms with Gasteiger partial charge in [0.2, 0.25) is 0 Å². The summed E-state index contributed by atoms with van der Waals surface area (Å²) in [5.74, 6) is 0.112. The van der Waals surface area contributed by atoms with Crippen LogP contribution in [0.15, 0.2) is 78.9 Å². The van der Waals surface area contributed by atoms with Crippen LogP contribution in [-0.4, -0.2) is 30.3 Å². The fourth-order valence-corrected chi connectivity index (χ4v) is 5.24. The summed E-state index contributed by atoms with van der Waals surface area (Å²) in [5.41, 5.74) is 5.73. The number of fused-ring (bicyclic) bond motifs is 2. The minimum absolute atomic E-state index is 0.0114. The third-order valence-corrected chi connectivity index (χ3v) is 7.23. The monoisotopic (exact) mass is 465 g/mol. The Hall–Kier alpha value is -3.63. The smallest absolute Gasteiger partial charge is 0.335 e. The van der Waals surface area contributed by atoms with E-state index in [9.17, 15) is 9.90 Å². The third-order valence-electron chi connectivity index (χ3n) is 7.23. The number of ether oxygens (including phenoxy) is 1. The minimum atomic E-state index is -0.876. The molecule has 178 valence electrons. The van der Waals surface area contributed by atoms with Crippen molar-refractivity contribution in [3.8, 4) is 5.75 Å². The molecule has 2 N–H and O–H groups in total. The van der Waals surface area contributed by atoms with E-state index < -0.39 is 5.97 Å². The maximum Gasteiger partial charge on any atom is 0.335 e. The first-order valence-corrected chi connectivity index (χ1v) is 12.3. The van der Waals surface area contributed by atoms with E-state index in [1.165, 1.54) is 16.3 Å². The summed E-state index contributed by atoms with van der Waals surface area (Å²) in [7, 11) is 0. The standard InChI is InChI=1S/C31H31NO3/c1-20-16-24(17-28(21(20)2)31(33)34)29-18-25(35-30-13-6-5-12-27(29)30)19-32-15-14-23-10-7-9-22-8-3-4-11-26(22)23/h3-13,16-17,25,29,32H,14-15,18-19H2,1-2H3,(H,33,34). The number of hydrogen-bond acceptors (Lipinski definition) is 3. The lowest BCUT2D eigenvalue weighted by molar-refractivity contribution is 0.0696. The van der Waals surface area contributed by atoms with Crippen molar-refractivity contribution in [1.82, 2.24) is 5.32 Å². The molecule has 0 aliphatic carbocycles. The van der Waals surface area contributed by atoms with E-state index in [4.69, 9.17) is 4.74 Å². The molecular weight excluding hydrogens is 434 g/mol. The molecule has 5 rings (SSSR count). The van der Waals surface area contributed by atoms with Gasteiger partial charge in [-0.15, -0.1) is 0 Å². The predicted molar refractivity (Wildman–Crippen MR) is 141 cm³/mol. The number of carboxylic acids is 1. The van der Waals surface area contributed by atoms with Gasteiger partial charge in [0.1, 0.15) is 11.9 Å². The zero-order valence-electron chi connectivity index (χ0n) is 20.3. The molecule has 2 unspecified atom stereocenters. The number of benzene rings is 4. The SMILES string of the molecule is Cc1cc(C2CC(CNCCc3cccc4ccccc34)Oc3ccccc32)cc(C(=O)O)c1C. The van der Waals surface area contributed by atoms with E-state index in [1.807, 2.05) is 38.1 Å². The number of aryl methyl sites for hydroxylation is 1. The molecule has 4 heteroatoms. The van der Waals surface area contributed by atoms with Crippen LogP contribution in [0.4, 0.5) is 0 Å². The van der Waals surface area contributed by atoms with Crippen molar-refractivity contribution in [3.63, 3.8) is 0 Å². The largest absolute Gasteiger partial charge is 0.489 e.